The first-order chi connectivity index (χ1) is 13.0. The molecule has 0 fully saturated rings. The van der Waals surface area contributed by atoms with E-state index in [2.05, 4.69) is 60.2 Å². The van der Waals surface area contributed by atoms with E-state index in [9.17, 15) is 4.39 Å². The van der Waals surface area contributed by atoms with Crippen LogP contribution in [0.3, 0.4) is 0 Å². The van der Waals surface area contributed by atoms with Gasteiger partial charge in [-0.25, -0.2) is 9.38 Å². The summed E-state index contributed by atoms with van der Waals surface area (Å²) < 4.78 is 19.3. The summed E-state index contributed by atoms with van der Waals surface area (Å²) in [6, 6.07) is 0. The zero-order chi connectivity index (χ0) is 19.8. The van der Waals surface area contributed by atoms with Gasteiger partial charge in [0.2, 0.25) is 5.90 Å². The number of hydrogen-bond donors (Lipinski definition) is 0. The van der Waals surface area contributed by atoms with Crippen molar-refractivity contribution in [2.45, 2.75) is 90.3 Å². The Labute approximate surface area is 165 Å². The van der Waals surface area contributed by atoms with Gasteiger partial charge in [-0.1, -0.05) is 62.1 Å². The van der Waals surface area contributed by atoms with Crippen molar-refractivity contribution in [2.75, 3.05) is 6.61 Å². The van der Waals surface area contributed by atoms with Gasteiger partial charge in [0, 0.05) is 12.8 Å². The minimum Gasteiger partial charge on any atom is -0.476 e. The van der Waals surface area contributed by atoms with Gasteiger partial charge in [0.25, 0.3) is 0 Å². The molecule has 0 aromatic rings. The molecule has 0 saturated heterocycles. The number of unbranched alkanes of at least 4 members (excludes halogenated alkanes) is 3. The zero-order valence-corrected chi connectivity index (χ0v) is 17.3. The summed E-state index contributed by atoms with van der Waals surface area (Å²) in [6.07, 6.45) is 20.6. The molecule has 1 rings (SSSR count). The molecule has 1 heterocycles. The van der Waals surface area contributed by atoms with E-state index in [1.165, 1.54) is 25.7 Å². The van der Waals surface area contributed by atoms with Gasteiger partial charge in [-0.3, -0.25) is 0 Å². The van der Waals surface area contributed by atoms with Gasteiger partial charge in [0.1, 0.15) is 6.61 Å². The van der Waals surface area contributed by atoms with Crippen molar-refractivity contribution in [3.63, 3.8) is 0 Å². The molecule has 0 saturated carbocycles. The standard InChI is InChI=1S/C24H36FNO/c1-4-5-6-7-8-9-10-11-12-13-14-15-16-17-18-19-20-22(25)23-26-24(2,3)21-27-23/h8-9,11-12,14-15,22H,4-7,10,13,16,19-21H2,1-3H3/b9-8-,12-11-,15-14-. The summed E-state index contributed by atoms with van der Waals surface area (Å²) in [5, 5.41) is 0. The van der Waals surface area contributed by atoms with Gasteiger partial charge in [-0.2, -0.15) is 0 Å². The van der Waals surface area contributed by atoms with E-state index in [-0.39, 0.29) is 11.4 Å². The molecule has 0 aromatic carbocycles. The Hall–Kier alpha value is -1.82. The van der Waals surface area contributed by atoms with Crippen molar-refractivity contribution in [3.8, 4) is 11.8 Å². The first-order valence-electron chi connectivity index (χ1n) is 10.3. The van der Waals surface area contributed by atoms with Crippen molar-refractivity contribution in [1.29, 1.82) is 0 Å². The largest absolute Gasteiger partial charge is 0.476 e. The van der Waals surface area contributed by atoms with Crippen molar-refractivity contribution in [2.24, 2.45) is 4.99 Å². The van der Waals surface area contributed by atoms with E-state index in [0.717, 1.165) is 12.8 Å². The summed E-state index contributed by atoms with van der Waals surface area (Å²) in [5.74, 6) is 6.32. The van der Waals surface area contributed by atoms with Crippen LogP contribution in [0.4, 0.5) is 4.39 Å². The first-order valence-corrected chi connectivity index (χ1v) is 10.3. The fraction of sp³-hybridized carbons (Fsp3) is 0.625. The molecule has 0 aliphatic carbocycles. The molecule has 1 atom stereocenters. The lowest BCUT2D eigenvalue weighted by molar-refractivity contribution is 0.248. The maximum atomic E-state index is 14.0. The summed E-state index contributed by atoms with van der Waals surface area (Å²) in [4.78, 5) is 4.26. The molecule has 3 heteroatoms. The van der Waals surface area contributed by atoms with Crippen LogP contribution in [-0.2, 0) is 4.74 Å². The third-order valence-electron chi connectivity index (χ3n) is 4.14. The molecule has 1 aliphatic heterocycles. The number of aliphatic imine (C=N–C) groups is 1. The maximum Gasteiger partial charge on any atom is 0.219 e. The molecule has 0 N–H and O–H groups in total. The van der Waals surface area contributed by atoms with Crippen LogP contribution < -0.4 is 0 Å². The van der Waals surface area contributed by atoms with Gasteiger partial charge < -0.3 is 4.74 Å². The quantitative estimate of drug-likeness (QED) is 0.211. The smallest absolute Gasteiger partial charge is 0.219 e. The summed E-state index contributed by atoms with van der Waals surface area (Å²) in [6.45, 7) is 6.58. The number of nitrogens with zero attached hydrogens (tertiary/aromatic N) is 1. The fourth-order valence-corrected chi connectivity index (χ4v) is 2.57. The molecule has 0 radical (unpaired) electrons. The molecule has 150 valence electrons. The summed E-state index contributed by atoms with van der Waals surface area (Å²) in [5.41, 5.74) is -0.296. The third kappa shape index (κ3) is 12.2. The monoisotopic (exact) mass is 373 g/mol. The highest BCUT2D eigenvalue weighted by atomic mass is 19.1. The normalized spacial score (nSPS) is 17.3. The molecule has 1 aliphatic rings. The minimum absolute atomic E-state index is 0.240. The zero-order valence-electron chi connectivity index (χ0n) is 17.3. The van der Waals surface area contributed by atoms with E-state index in [1.54, 1.807) is 0 Å². The van der Waals surface area contributed by atoms with Crippen molar-refractivity contribution < 1.29 is 9.13 Å². The average molecular weight is 374 g/mol. The van der Waals surface area contributed by atoms with E-state index in [4.69, 9.17) is 4.74 Å². The van der Waals surface area contributed by atoms with Crippen LogP contribution in [0.15, 0.2) is 41.4 Å². The van der Waals surface area contributed by atoms with Gasteiger partial charge in [0.15, 0.2) is 6.17 Å². The number of halogens is 1. The van der Waals surface area contributed by atoms with Crippen LogP contribution in [0.25, 0.3) is 0 Å². The Morgan fingerprint density at radius 1 is 1.07 bits per heavy atom. The van der Waals surface area contributed by atoms with Gasteiger partial charge in [-0.05, 0) is 46.0 Å². The molecule has 0 aromatic heterocycles. The van der Waals surface area contributed by atoms with Gasteiger partial charge in [0.05, 0.1) is 5.54 Å². The third-order valence-corrected chi connectivity index (χ3v) is 4.14. The lowest BCUT2D eigenvalue weighted by atomic mass is 10.1. The Morgan fingerprint density at radius 2 is 1.78 bits per heavy atom. The Kier molecular flexibility index (Phi) is 12.3. The molecule has 1 unspecified atom stereocenters. The van der Waals surface area contributed by atoms with Crippen molar-refractivity contribution in [3.05, 3.63) is 36.5 Å². The highest BCUT2D eigenvalue weighted by Gasteiger charge is 2.30. The SMILES string of the molecule is CCCCC/C=C\C/C=C\C/C=C\CC#CCCC(F)C1=NC(C)(C)CO1. The number of alkyl halides is 1. The maximum absolute atomic E-state index is 14.0. The lowest BCUT2D eigenvalue weighted by Crippen LogP contribution is -2.17. The molecule has 0 bridgehead atoms. The van der Waals surface area contributed by atoms with Crippen LogP contribution in [-0.4, -0.2) is 24.2 Å². The second-order valence-electron chi connectivity index (χ2n) is 7.50. The fourth-order valence-electron chi connectivity index (χ4n) is 2.57. The van der Waals surface area contributed by atoms with Crippen LogP contribution >= 0.6 is 0 Å². The van der Waals surface area contributed by atoms with Crippen LogP contribution in [0, 0.1) is 11.8 Å². The summed E-state index contributed by atoms with van der Waals surface area (Å²) in [7, 11) is 0. The predicted molar refractivity (Wildman–Crippen MR) is 115 cm³/mol. The van der Waals surface area contributed by atoms with Crippen LogP contribution in [0.5, 0.6) is 0 Å². The highest BCUT2D eigenvalue weighted by molar-refractivity contribution is 5.82. The molecule has 2 nitrogen and oxygen atoms in total. The summed E-state index contributed by atoms with van der Waals surface area (Å²) >= 11 is 0. The lowest BCUT2D eigenvalue weighted by Gasteiger charge is -2.07. The first kappa shape index (κ1) is 23.2. The molecule has 0 amide bonds. The van der Waals surface area contributed by atoms with Crippen molar-refractivity contribution in [1.82, 2.24) is 0 Å². The van der Waals surface area contributed by atoms with Gasteiger partial charge in [-0.15, -0.1) is 5.92 Å². The number of hydrogen-bond acceptors (Lipinski definition) is 2. The number of ether oxygens (including phenoxy) is 1. The number of allylic oxidation sites excluding steroid dienone is 6. The highest BCUT2D eigenvalue weighted by Crippen LogP contribution is 2.20. The minimum atomic E-state index is -1.14. The van der Waals surface area contributed by atoms with E-state index >= 15 is 0 Å². The van der Waals surface area contributed by atoms with E-state index in [0.29, 0.717) is 25.9 Å². The Morgan fingerprint density at radius 3 is 2.44 bits per heavy atom. The second kappa shape index (κ2) is 14.3. The molecule has 0 spiro atoms. The molecular weight excluding hydrogens is 337 g/mol. The number of rotatable bonds is 12. The van der Waals surface area contributed by atoms with E-state index < -0.39 is 6.17 Å². The predicted octanol–water partition coefficient (Wildman–Crippen LogP) is 6.73. The van der Waals surface area contributed by atoms with Crippen LogP contribution in [0.2, 0.25) is 0 Å². The van der Waals surface area contributed by atoms with Gasteiger partial charge >= 0.3 is 0 Å². The van der Waals surface area contributed by atoms with E-state index in [1.807, 2.05) is 13.8 Å². The molecule has 27 heavy (non-hydrogen) atoms. The Balaban J connectivity index is 2.04. The van der Waals surface area contributed by atoms with Crippen LogP contribution in [0.1, 0.15) is 78.6 Å². The second-order valence-corrected chi connectivity index (χ2v) is 7.50. The topological polar surface area (TPSA) is 21.6 Å². The average Bonchev–Trinajstić information content (AvgIpc) is 3.01. The molecular formula is C24H36FNO. The van der Waals surface area contributed by atoms with Crippen molar-refractivity contribution >= 4 is 5.90 Å². The Bertz CT molecular complexity index is 575.